The van der Waals surface area contributed by atoms with Crippen molar-refractivity contribution in [3.8, 4) is 0 Å². The molecule has 19 heavy (non-hydrogen) atoms. The number of fused-ring (bicyclic) bond motifs is 1. The lowest BCUT2D eigenvalue weighted by atomic mass is 10.2. The van der Waals surface area contributed by atoms with Crippen LogP contribution in [0.15, 0.2) is 5.38 Å². The van der Waals surface area contributed by atoms with Crippen molar-refractivity contribution in [1.29, 1.82) is 0 Å². The number of thiazole rings is 1. The van der Waals surface area contributed by atoms with Crippen LogP contribution in [0.3, 0.4) is 0 Å². The van der Waals surface area contributed by atoms with Gasteiger partial charge in [0.2, 0.25) is 0 Å². The fourth-order valence-electron chi connectivity index (χ4n) is 1.97. The highest BCUT2D eigenvalue weighted by Crippen LogP contribution is 2.33. The Balaban J connectivity index is 2.06. The molecule has 0 aromatic carbocycles. The second-order valence-corrected chi connectivity index (χ2v) is 7.05. The molecule has 0 unspecified atom stereocenters. The minimum Gasteiger partial charge on any atom is -0.246 e. The van der Waals surface area contributed by atoms with Gasteiger partial charge in [-0.2, -0.15) is 0 Å². The monoisotopic (exact) mass is 309 g/mol. The van der Waals surface area contributed by atoms with Gasteiger partial charge in [0.1, 0.15) is 15.8 Å². The van der Waals surface area contributed by atoms with Crippen LogP contribution < -0.4 is 0 Å². The highest BCUT2D eigenvalue weighted by molar-refractivity contribution is 7.18. The number of halogens is 1. The molecule has 3 heterocycles. The number of hydrogen-bond acceptors (Lipinski definition) is 5. The maximum Gasteiger partial charge on any atom is 0.141 e. The van der Waals surface area contributed by atoms with Crippen LogP contribution in [0.4, 0.5) is 0 Å². The number of rotatable bonds is 2. The van der Waals surface area contributed by atoms with Gasteiger partial charge >= 0.3 is 0 Å². The maximum absolute atomic E-state index is 6.29. The number of nitrogens with zero attached hydrogens (tertiary/aromatic N) is 3. The molecule has 0 aliphatic rings. The quantitative estimate of drug-likeness (QED) is 0.662. The molecule has 0 radical (unpaired) electrons. The Bertz CT molecular complexity index is 761. The zero-order valence-electron chi connectivity index (χ0n) is 10.8. The van der Waals surface area contributed by atoms with E-state index in [4.69, 9.17) is 11.6 Å². The van der Waals surface area contributed by atoms with E-state index in [1.165, 1.54) is 10.4 Å². The molecule has 0 N–H and O–H groups in total. The van der Waals surface area contributed by atoms with Gasteiger partial charge in [-0.15, -0.1) is 22.7 Å². The third-order valence-corrected chi connectivity index (χ3v) is 5.23. The van der Waals surface area contributed by atoms with E-state index in [0.29, 0.717) is 11.6 Å². The van der Waals surface area contributed by atoms with Crippen LogP contribution in [-0.2, 0) is 6.42 Å². The summed E-state index contributed by atoms with van der Waals surface area (Å²) >= 11 is 9.60. The van der Waals surface area contributed by atoms with E-state index in [2.05, 4.69) is 28.8 Å². The number of aryl methyl sites for hydroxylation is 3. The van der Waals surface area contributed by atoms with Gasteiger partial charge in [-0.3, -0.25) is 0 Å². The van der Waals surface area contributed by atoms with Crippen LogP contribution in [0.5, 0.6) is 0 Å². The van der Waals surface area contributed by atoms with E-state index in [9.17, 15) is 0 Å². The summed E-state index contributed by atoms with van der Waals surface area (Å²) in [5, 5.41) is 4.64. The zero-order valence-corrected chi connectivity index (χ0v) is 13.2. The molecule has 0 saturated carbocycles. The van der Waals surface area contributed by atoms with Gasteiger partial charge < -0.3 is 0 Å². The van der Waals surface area contributed by atoms with Crippen LogP contribution in [0.2, 0.25) is 5.15 Å². The molecule has 0 saturated heterocycles. The van der Waals surface area contributed by atoms with E-state index in [1.807, 2.05) is 12.3 Å². The first kappa shape index (κ1) is 13.0. The van der Waals surface area contributed by atoms with Gasteiger partial charge in [-0.05, 0) is 26.3 Å². The second kappa shape index (κ2) is 4.81. The zero-order chi connectivity index (χ0) is 13.6. The summed E-state index contributed by atoms with van der Waals surface area (Å²) < 4.78 is 0. The van der Waals surface area contributed by atoms with Crippen molar-refractivity contribution in [2.24, 2.45) is 0 Å². The lowest BCUT2D eigenvalue weighted by Crippen LogP contribution is -1.97. The summed E-state index contributed by atoms with van der Waals surface area (Å²) in [5.74, 6) is 0.740. The molecule has 6 heteroatoms. The minimum absolute atomic E-state index is 0.550. The standard InChI is InChI=1S/C13H12ClN3S2/c1-6-7(2)19-13-11(6)12(14)16-10(17-13)4-9-5-18-8(3)15-9/h5H,4H2,1-3H3. The number of hydrogen-bond donors (Lipinski definition) is 0. The van der Waals surface area contributed by atoms with Crippen LogP contribution in [0, 0.1) is 20.8 Å². The molecule has 0 amide bonds. The fraction of sp³-hybridized carbons (Fsp3) is 0.308. The average molecular weight is 310 g/mol. The topological polar surface area (TPSA) is 38.7 Å². The number of thiophene rings is 1. The van der Waals surface area contributed by atoms with Gasteiger partial charge in [0.25, 0.3) is 0 Å². The van der Waals surface area contributed by atoms with Gasteiger partial charge in [0.15, 0.2) is 0 Å². The van der Waals surface area contributed by atoms with Gasteiger partial charge in [0.05, 0.1) is 22.5 Å². The highest BCUT2D eigenvalue weighted by Gasteiger charge is 2.13. The van der Waals surface area contributed by atoms with Crippen LogP contribution in [0.1, 0.15) is 27.0 Å². The summed E-state index contributed by atoms with van der Waals surface area (Å²) in [6.07, 6.45) is 0.635. The van der Waals surface area contributed by atoms with Crippen LogP contribution >= 0.6 is 34.3 Å². The summed E-state index contributed by atoms with van der Waals surface area (Å²) in [5.41, 5.74) is 2.18. The van der Waals surface area contributed by atoms with Gasteiger partial charge in [0, 0.05) is 10.3 Å². The second-order valence-electron chi connectivity index (χ2n) is 4.43. The van der Waals surface area contributed by atoms with Crippen molar-refractivity contribution in [2.75, 3.05) is 0 Å². The van der Waals surface area contributed by atoms with Crippen molar-refractivity contribution in [3.63, 3.8) is 0 Å². The Hall–Kier alpha value is -1.04. The average Bonchev–Trinajstić information content (AvgIpc) is 2.85. The molecule has 0 aliphatic carbocycles. The van der Waals surface area contributed by atoms with Crippen LogP contribution in [-0.4, -0.2) is 15.0 Å². The largest absolute Gasteiger partial charge is 0.246 e. The Kier molecular flexibility index (Phi) is 3.28. The molecule has 0 aliphatic heterocycles. The van der Waals surface area contributed by atoms with Gasteiger partial charge in [-0.25, -0.2) is 15.0 Å². The molecule has 3 aromatic rings. The van der Waals surface area contributed by atoms with E-state index >= 15 is 0 Å². The highest BCUT2D eigenvalue weighted by atomic mass is 35.5. The molecular weight excluding hydrogens is 298 g/mol. The normalized spacial score (nSPS) is 11.4. The maximum atomic E-state index is 6.29. The summed E-state index contributed by atoms with van der Waals surface area (Å²) in [7, 11) is 0. The predicted octanol–water partition coefficient (Wildman–Crippen LogP) is 4.32. The van der Waals surface area contributed by atoms with Crippen molar-refractivity contribution in [1.82, 2.24) is 15.0 Å². The summed E-state index contributed by atoms with van der Waals surface area (Å²) in [4.78, 5) is 15.7. The van der Waals surface area contributed by atoms with E-state index in [-0.39, 0.29) is 0 Å². The number of aromatic nitrogens is 3. The Morgan fingerprint density at radius 3 is 2.63 bits per heavy atom. The smallest absolute Gasteiger partial charge is 0.141 e. The lowest BCUT2D eigenvalue weighted by molar-refractivity contribution is 0.962. The molecule has 98 valence electrons. The van der Waals surface area contributed by atoms with Gasteiger partial charge in [-0.1, -0.05) is 11.6 Å². The van der Waals surface area contributed by atoms with E-state index in [1.54, 1.807) is 22.7 Å². The summed E-state index contributed by atoms with van der Waals surface area (Å²) in [6.45, 7) is 6.14. The van der Waals surface area contributed by atoms with Crippen LogP contribution in [0.25, 0.3) is 10.2 Å². The first-order chi connectivity index (χ1) is 9.04. The Labute approximate surface area is 124 Å². The van der Waals surface area contributed by atoms with E-state index < -0.39 is 0 Å². The SMILES string of the molecule is Cc1nc(Cc2nc(Cl)c3c(C)c(C)sc3n2)cs1. The third-order valence-electron chi connectivity index (χ3n) is 3.04. The van der Waals surface area contributed by atoms with Crippen molar-refractivity contribution < 1.29 is 0 Å². The molecule has 3 aromatic heterocycles. The van der Waals surface area contributed by atoms with E-state index in [0.717, 1.165) is 26.7 Å². The third kappa shape index (κ3) is 2.38. The molecule has 0 fully saturated rings. The summed E-state index contributed by atoms with van der Waals surface area (Å²) in [6, 6.07) is 0. The van der Waals surface area contributed by atoms with Crippen molar-refractivity contribution in [3.05, 3.63) is 37.5 Å². The fourth-order valence-corrected chi connectivity index (χ4v) is 4.02. The molecule has 3 rings (SSSR count). The first-order valence-electron chi connectivity index (χ1n) is 5.87. The predicted molar refractivity (Wildman–Crippen MR) is 81.6 cm³/mol. The molecular formula is C13H12ClN3S2. The Morgan fingerprint density at radius 2 is 1.95 bits per heavy atom. The Morgan fingerprint density at radius 1 is 1.16 bits per heavy atom. The lowest BCUT2D eigenvalue weighted by Gasteiger charge is -2.00. The molecule has 0 bridgehead atoms. The first-order valence-corrected chi connectivity index (χ1v) is 7.95. The molecule has 3 nitrogen and oxygen atoms in total. The minimum atomic E-state index is 0.550. The van der Waals surface area contributed by atoms with Crippen molar-refractivity contribution >= 4 is 44.5 Å². The van der Waals surface area contributed by atoms with Crippen molar-refractivity contribution in [2.45, 2.75) is 27.2 Å². The molecule has 0 atom stereocenters. The molecule has 0 spiro atoms.